The SMILES string of the molecule is COc1ccc(Cl)cc1S(=O)(=O)N[C@@H](C)C(=O)N1CCN(Cc2ccccc2)CC1. The molecule has 30 heavy (non-hydrogen) atoms. The van der Waals surface area contributed by atoms with Crippen LogP contribution < -0.4 is 9.46 Å². The Kier molecular flexibility index (Phi) is 7.36. The maximum atomic E-state index is 12.8. The largest absolute Gasteiger partial charge is 0.495 e. The number of halogens is 1. The van der Waals surface area contributed by atoms with E-state index >= 15 is 0 Å². The minimum Gasteiger partial charge on any atom is -0.495 e. The average Bonchev–Trinajstić information content (AvgIpc) is 2.74. The molecule has 1 amide bonds. The van der Waals surface area contributed by atoms with Gasteiger partial charge >= 0.3 is 0 Å². The summed E-state index contributed by atoms with van der Waals surface area (Å²) in [7, 11) is -2.60. The molecule has 7 nitrogen and oxygen atoms in total. The van der Waals surface area contributed by atoms with Crippen molar-refractivity contribution in [2.75, 3.05) is 33.3 Å². The number of amides is 1. The van der Waals surface area contributed by atoms with Crippen LogP contribution in [0.5, 0.6) is 5.75 Å². The van der Waals surface area contributed by atoms with Gasteiger partial charge in [0.15, 0.2) is 0 Å². The van der Waals surface area contributed by atoms with E-state index in [4.69, 9.17) is 16.3 Å². The maximum absolute atomic E-state index is 12.8. The summed E-state index contributed by atoms with van der Waals surface area (Å²) in [5.74, 6) is -0.0833. The Morgan fingerprint density at radius 1 is 1.13 bits per heavy atom. The standard InChI is InChI=1S/C21H26ClN3O4S/c1-16(23-30(27,28)20-14-18(22)8-9-19(20)29-2)21(26)25-12-10-24(11-13-25)15-17-6-4-3-5-7-17/h3-9,14,16,23H,10-13,15H2,1-2H3/t16-/m0/s1. The Labute approximate surface area is 182 Å². The molecule has 9 heteroatoms. The number of benzene rings is 2. The van der Waals surface area contributed by atoms with Crippen molar-refractivity contribution >= 4 is 27.5 Å². The van der Waals surface area contributed by atoms with Gasteiger partial charge in [-0.25, -0.2) is 8.42 Å². The molecule has 1 aliphatic rings. The van der Waals surface area contributed by atoms with Gasteiger partial charge in [-0.2, -0.15) is 4.72 Å². The van der Waals surface area contributed by atoms with Gasteiger partial charge in [-0.05, 0) is 30.7 Å². The Morgan fingerprint density at radius 3 is 2.43 bits per heavy atom. The molecule has 0 aliphatic carbocycles. The van der Waals surface area contributed by atoms with Crippen molar-refractivity contribution in [1.82, 2.24) is 14.5 Å². The minimum absolute atomic E-state index is 0.0927. The molecule has 0 unspecified atom stereocenters. The summed E-state index contributed by atoms with van der Waals surface area (Å²) < 4.78 is 33.2. The Morgan fingerprint density at radius 2 is 1.80 bits per heavy atom. The molecule has 0 radical (unpaired) electrons. The summed E-state index contributed by atoms with van der Waals surface area (Å²) in [4.78, 5) is 16.7. The molecule has 1 fully saturated rings. The molecule has 2 aromatic rings. The van der Waals surface area contributed by atoms with E-state index in [1.165, 1.54) is 24.8 Å². The van der Waals surface area contributed by atoms with E-state index in [2.05, 4.69) is 21.8 Å². The fraction of sp³-hybridized carbons (Fsp3) is 0.381. The van der Waals surface area contributed by atoms with Crippen LogP contribution in [0.4, 0.5) is 0 Å². The number of methoxy groups -OCH3 is 1. The van der Waals surface area contributed by atoms with E-state index in [1.807, 2.05) is 18.2 Å². The van der Waals surface area contributed by atoms with Crippen molar-refractivity contribution in [3.05, 3.63) is 59.1 Å². The molecule has 0 spiro atoms. The fourth-order valence-corrected chi connectivity index (χ4v) is 5.08. The van der Waals surface area contributed by atoms with E-state index in [0.717, 1.165) is 19.6 Å². The number of rotatable bonds is 7. The van der Waals surface area contributed by atoms with Crippen LogP contribution in [0.25, 0.3) is 0 Å². The Hall–Kier alpha value is -2.13. The average molecular weight is 452 g/mol. The second kappa shape index (κ2) is 9.78. The number of ether oxygens (including phenoxy) is 1. The molecule has 1 heterocycles. The molecule has 0 bridgehead atoms. The van der Waals surface area contributed by atoms with Crippen molar-refractivity contribution in [3.63, 3.8) is 0 Å². The number of hydrogen-bond acceptors (Lipinski definition) is 5. The van der Waals surface area contributed by atoms with Crippen LogP contribution in [0.1, 0.15) is 12.5 Å². The molecule has 1 atom stereocenters. The zero-order chi connectivity index (χ0) is 21.7. The topological polar surface area (TPSA) is 78.9 Å². The number of piperazine rings is 1. The molecule has 3 rings (SSSR count). The molecule has 1 saturated heterocycles. The van der Waals surface area contributed by atoms with Crippen molar-refractivity contribution in [2.45, 2.75) is 24.4 Å². The van der Waals surface area contributed by atoms with Crippen LogP contribution >= 0.6 is 11.6 Å². The van der Waals surface area contributed by atoms with Gasteiger partial charge < -0.3 is 9.64 Å². The normalized spacial score (nSPS) is 16.3. The van der Waals surface area contributed by atoms with Crippen LogP contribution in [0.3, 0.4) is 0 Å². The molecular formula is C21H26ClN3O4S. The molecule has 0 aromatic heterocycles. The van der Waals surface area contributed by atoms with Crippen molar-refractivity contribution in [2.24, 2.45) is 0 Å². The third-order valence-electron chi connectivity index (χ3n) is 5.05. The molecule has 1 N–H and O–H groups in total. The highest BCUT2D eigenvalue weighted by Gasteiger charge is 2.29. The van der Waals surface area contributed by atoms with Crippen LogP contribution in [0.2, 0.25) is 5.02 Å². The fourth-order valence-electron chi connectivity index (χ4n) is 3.45. The number of carbonyl (C=O) groups excluding carboxylic acids is 1. The Balaban J connectivity index is 1.59. The molecule has 0 saturated carbocycles. The zero-order valence-corrected chi connectivity index (χ0v) is 18.6. The lowest BCUT2D eigenvalue weighted by molar-refractivity contribution is -0.134. The quantitative estimate of drug-likeness (QED) is 0.699. The first-order valence-corrected chi connectivity index (χ1v) is 11.6. The van der Waals surface area contributed by atoms with Gasteiger partial charge in [0.05, 0.1) is 13.2 Å². The molecule has 2 aromatic carbocycles. The lowest BCUT2D eigenvalue weighted by atomic mass is 10.2. The summed E-state index contributed by atoms with van der Waals surface area (Å²) >= 11 is 5.94. The van der Waals surface area contributed by atoms with Crippen molar-refractivity contribution in [1.29, 1.82) is 0 Å². The first kappa shape index (κ1) is 22.6. The van der Waals surface area contributed by atoms with Crippen LogP contribution in [0.15, 0.2) is 53.4 Å². The van der Waals surface area contributed by atoms with Gasteiger partial charge in [-0.3, -0.25) is 9.69 Å². The lowest BCUT2D eigenvalue weighted by Crippen LogP contribution is -2.53. The smallest absolute Gasteiger partial charge is 0.245 e. The van der Waals surface area contributed by atoms with Gasteiger partial charge in [-0.1, -0.05) is 41.9 Å². The van der Waals surface area contributed by atoms with Crippen LogP contribution in [-0.2, 0) is 21.4 Å². The first-order chi connectivity index (χ1) is 14.3. The highest BCUT2D eigenvalue weighted by Crippen LogP contribution is 2.27. The molecule has 162 valence electrons. The van der Waals surface area contributed by atoms with E-state index in [0.29, 0.717) is 13.1 Å². The molecular weight excluding hydrogens is 426 g/mol. The predicted molar refractivity (Wildman–Crippen MR) is 116 cm³/mol. The third-order valence-corrected chi connectivity index (χ3v) is 6.85. The molecule has 1 aliphatic heterocycles. The summed E-state index contributed by atoms with van der Waals surface area (Å²) in [6.07, 6.45) is 0. The second-order valence-corrected chi connectivity index (χ2v) is 9.34. The number of sulfonamides is 1. The predicted octanol–water partition coefficient (Wildman–Crippen LogP) is 2.36. The summed E-state index contributed by atoms with van der Waals surface area (Å²) in [6, 6.07) is 13.6. The Bertz CT molecular complexity index is 977. The van der Waals surface area contributed by atoms with E-state index in [1.54, 1.807) is 17.9 Å². The highest BCUT2D eigenvalue weighted by molar-refractivity contribution is 7.89. The second-order valence-electron chi connectivity index (χ2n) is 7.23. The monoisotopic (exact) mass is 451 g/mol. The first-order valence-electron chi connectivity index (χ1n) is 9.71. The number of nitrogens with one attached hydrogen (secondary N) is 1. The van der Waals surface area contributed by atoms with Gasteiger partial charge in [0.25, 0.3) is 0 Å². The number of hydrogen-bond donors (Lipinski definition) is 1. The van der Waals surface area contributed by atoms with Crippen molar-refractivity contribution < 1.29 is 17.9 Å². The highest BCUT2D eigenvalue weighted by atomic mass is 35.5. The summed E-state index contributed by atoms with van der Waals surface area (Å²) in [6.45, 7) is 4.97. The van der Waals surface area contributed by atoms with E-state index in [-0.39, 0.29) is 21.6 Å². The number of nitrogens with zero attached hydrogens (tertiary/aromatic N) is 2. The zero-order valence-electron chi connectivity index (χ0n) is 17.0. The summed E-state index contributed by atoms with van der Waals surface area (Å²) in [5.41, 5.74) is 1.23. The van der Waals surface area contributed by atoms with Gasteiger partial charge in [0.1, 0.15) is 10.6 Å². The summed E-state index contributed by atoms with van der Waals surface area (Å²) in [5, 5.41) is 0.268. The maximum Gasteiger partial charge on any atom is 0.245 e. The van der Waals surface area contributed by atoms with Crippen LogP contribution in [0, 0.1) is 0 Å². The van der Waals surface area contributed by atoms with Gasteiger partial charge in [0.2, 0.25) is 15.9 Å². The third kappa shape index (κ3) is 5.51. The van der Waals surface area contributed by atoms with Gasteiger partial charge in [0, 0.05) is 37.7 Å². The lowest BCUT2D eigenvalue weighted by Gasteiger charge is -2.36. The van der Waals surface area contributed by atoms with Crippen molar-refractivity contribution in [3.8, 4) is 5.75 Å². The minimum atomic E-state index is -3.98. The van der Waals surface area contributed by atoms with Gasteiger partial charge in [-0.15, -0.1) is 0 Å². The van der Waals surface area contributed by atoms with Crippen LogP contribution in [-0.4, -0.2) is 63.5 Å². The van der Waals surface area contributed by atoms with E-state index < -0.39 is 16.1 Å². The van der Waals surface area contributed by atoms with E-state index in [9.17, 15) is 13.2 Å². The number of carbonyl (C=O) groups is 1.